The minimum absolute atomic E-state index is 0.0479. The number of aromatic nitrogens is 3. The Bertz CT molecular complexity index is 291. The number of nitrogens with two attached hydrogens (primary N) is 1. The van der Waals surface area contributed by atoms with Crippen LogP contribution in [0.1, 0.15) is 31.5 Å². The minimum atomic E-state index is -0.0479. The fourth-order valence-electron chi connectivity index (χ4n) is 1.61. The van der Waals surface area contributed by atoms with Crippen molar-refractivity contribution in [2.45, 2.75) is 38.5 Å². The third kappa shape index (κ3) is 2.10. The molecule has 0 aliphatic carbocycles. The number of ether oxygens (including phenoxy) is 1. The second-order valence-corrected chi connectivity index (χ2v) is 3.79. The second kappa shape index (κ2) is 4.06. The third-order valence-corrected chi connectivity index (χ3v) is 2.44. The van der Waals surface area contributed by atoms with E-state index in [0.717, 1.165) is 31.7 Å². The molecule has 0 radical (unpaired) electrons. The zero-order chi connectivity index (χ0) is 9.97. The highest BCUT2D eigenvalue weighted by Gasteiger charge is 2.16. The predicted molar refractivity (Wildman–Crippen MR) is 51.6 cm³/mol. The van der Waals surface area contributed by atoms with Gasteiger partial charge in [-0.05, 0) is 19.8 Å². The van der Waals surface area contributed by atoms with Crippen molar-refractivity contribution in [3.05, 3.63) is 11.9 Å². The van der Waals surface area contributed by atoms with Crippen LogP contribution in [0.5, 0.6) is 0 Å². The van der Waals surface area contributed by atoms with E-state index in [2.05, 4.69) is 10.3 Å². The van der Waals surface area contributed by atoms with Crippen LogP contribution >= 0.6 is 0 Å². The molecule has 0 aromatic carbocycles. The Hall–Kier alpha value is -0.940. The van der Waals surface area contributed by atoms with Gasteiger partial charge in [0.2, 0.25) is 0 Å². The van der Waals surface area contributed by atoms with E-state index >= 15 is 0 Å². The van der Waals surface area contributed by atoms with Gasteiger partial charge in [-0.25, -0.2) is 4.68 Å². The summed E-state index contributed by atoms with van der Waals surface area (Å²) in [6.45, 7) is 3.57. The summed E-state index contributed by atoms with van der Waals surface area (Å²) in [5.74, 6) is 0. The summed E-state index contributed by atoms with van der Waals surface area (Å²) in [7, 11) is 0. The van der Waals surface area contributed by atoms with Gasteiger partial charge in [-0.1, -0.05) is 5.21 Å². The summed E-state index contributed by atoms with van der Waals surface area (Å²) in [6, 6.07) is -0.0479. The van der Waals surface area contributed by atoms with Crippen molar-refractivity contribution in [2.24, 2.45) is 5.73 Å². The van der Waals surface area contributed by atoms with E-state index in [1.165, 1.54) is 0 Å². The quantitative estimate of drug-likeness (QED) is 0.763. The highest BCUT2D eigenvalue weighted by Crippen LogP contribution is 2.14. The molecule has 0 saturated carbocycles. The lowest BCUT2D eigenvalue weighted by molar-refractivity contribution is 0.0935. The molecule has 1 aromatic rings. The summed E-state index contributed by atoms with van der Waals surface area (Å²) in [6.07, 6.45) is 4.47. The highest BCUT2D eigenvalue weighted by molar-refractivity contribution is 4.97. The first-order valence-corrected chi connectivity index (χ1v) is 5.03. The Morgan fingerprint density at radius 3 is 3.21 bits per heavy atom. The van der Waals surface area contributed by atoms with E-state index in [4.69, 9.17) is 10.5 Å². The Balaban J connectivity index is 1.95. The molecule has 0 spiro atoms. The van der Waals surface area contributed by atoms with Crippen molar-refractivity contribution in [3.63, 3.8) is 0 Å². The summed E-state index contributed by atoms with van der Waals surface area (Å²) in [5, 5.41) is 8.00. The number of hydrogen-bond donors (Lipinski definition) is 1. The molecule has 1 fully saturated rings. The molecule has 78 valence electrons. The van der Waals surface area contributed by atoms with E-state index in [1.807, 2.05) is 17.8 Å². The average Bonchev–Trinajstić information content (AvgIpc) is 2.75. The van der Waals surface area contributed by atoms with Gasteiger partial charge in [-0.15, -0.1) is 5.10 Å². The molecule has 0 bridgehead atoms. The first kappa shape index (κ1) is 9.61. The maximum atomic E-state index is 5.69. The molecule has 2 atom stereocenters. The summed E-state index contributed by atoms with van der Waals surface area (Å²) in [5.41, 5.74) is 6.52. The molecule has 1 aromatic heterocycles. The van der Waals surface area contributed by atoms with E-state index in [9.17, 15) is 0 Å². The van der Waals surface area contributed by atoms with Crippen LogP contribution in [0.2, 0.25) is 0 Å². The van der Waals surface area contributed by atoms with E-state index in [-0.39, 0.29) is 6.04 Å². The monoisotopic (exact) mass is 196 g/mol. The fourth-order valence-corrected chi connectivity index (χ4v) is 1.61. The van der Waals surface area contributed by atoms with Crippen LogP contribution in [-0.2, 0) is 11.3 Å². The standard InChI is InChI=1S/C9H16N4O/c1-7(10)9-6-13(12-11-9)5-8-3-2-4-14-8/h6-8H,2-5,10H2,1H3. The normalized spacial score (nSPS) is 24.0. The van der Waals surface area contributed by atoms with Crippen molar-refractivity contribution in [3.8, 4) is 0 Å². The molecule has 2 heterocycles. The molecule has 14 heavy (non-hydrogen) atoms. The van der Waals surface area contributed by atoms with Gasteiger partial charge in [0.25, 0.3) is 0 Å². The lowest BCUT2D eigenvalue weighted by Gasteiger charge is -2.07. The van der Waals surface area contributed by atoms with Crippen molar-refractivity contribution < 1.29 is 4.74 Å². The molecule has 0 amide bonds. The first-order valence-electron chi connectivity index (χ1n) is 5.03. The third-order valence-electron chi connectivity index (χ3n) is 2.44. The molecular weight excluding hydrogens is 180 g/mol. The van der Waals surface area contributed by atoms with Crippen molar-refractivity contribution in [1.29, 1.82) is 0 Å². The van der Waals surface area contributed by atoms with Gasteiger partial charge in [0.05, 0.1) is 24.5 Å². The van der Waals surface area contributed by atoms with Crippen molar-refractivity contribution >= 4 is 0 Å². The summed E-state index contributed by atoms with van der Waals surface area (Å²) in [4.78, 5) is 0. The fraction of sp³-hybridized carbons (Fsp3) is 0.778. The second-order valence-electron chi connectivity index (χ2n) is 3.79. The van der Waals surface area contributed by atoms with E-state index < -0.39 is 0 Å². The SMILES string of the molecule is CC(N)c1cn(CC2CCCO2)nn1. The maximum absolute atomic E-state index is 5.69. The predicted octanol–water partition coefficient (Wildman–Crippen LogP) is 0.477. The van der Waals surface area contributed by atoms with Crippen LogP contribution in [0.15, 0.2) is 6.20 Å². The molecule has 1 aliphatic rings. The van der Waals surface area contributed by atoms with Gasteiger partial charge >= 0.3 is 0 Å². The molecule has 5 heteroatoms. The Kier molecular flexibility index (Phi) is 2.79. The zero-order valence-corrected chi connectivity index (χ0v) is 8.39. The largest absolute Gasteiger partial charge is 0.376 e. The van der Waals surface area contributed by atoms with Gasteiger partial charge in [-0.2, -0.15) is 0 Å². The minimum Gasteiger partial charge on any atom is -0.376 e. The smallest absolute Gasteiger partial charge is 0.0991 e. The Labute approximate surface area is 83.2 Å². The zero-order valence-electron chi connectivity index (χ0n) is 8.39. The molecular formula is C9H16N4O. The average molecular weight is 196 g/mol. The van der Waals surface area contributed by atoms with Gasteiger partial charge in [-0.3, -0.25) is 0 Å². The molecule has 2 N–H and O–H groups in total. The number of hydrogen-bond acceptors (Lipinski definition) is 4. The van der Waals surface area contributed by atoms with Crippen LogP contribution in [-0.4, -0.2) is 27.7 Å². The van der Waals surface area contributed by atoms with Crippen LogP contribution in [0.25, 0.3) is 0 Å². The van der Waals surface area contributed by atoms with Crippen molar-refractivity contribution in [2.75, 3.05) is 6.61 Å². The highest BCUT2D eigenvalue weighted by atomic mass is 16.5. The summed E-state index contributed by atoms with van der Waals surface area (Å²) >= 11 is 0. The Morgan fingerprint density at radius 1 is 1.79 bits per heavy atom. The van der Waals surface area contributed by atoms with Gasteiger partial charge < -0.3 is 10.5 Å². The van der Waals surface area contributed by atoms with Gasteiger partial charge in [0.1, 0.15) is 0 Å². The molecule has 2 unspecified atom stereocenters. The lowest BCUT2D eigenvalue weighted by Crippen LogP contribution is -2.15. The summed E-state index contributed by atoms with van der Waals surface area (Å²) < 4.78 is 7.32. The molecule has 1 aliphatic heterocycles. The van der Waals surface area contributed by atoms with E-state index in [1.54, 1.807) is 0 Å². The van der Waals surface area contributed by atoms with Crippen LogP contribution in [0, 0.1) is 0 Å². The van der Waals surface area contributed by atoms with Gasteiger partial charge in [0, 0.05) is 12.6 Å². The van der Waals surface area contributed by atoms with Crippen molar-refractivity contribution in [1.82, 2.24) is 15.0 Å². The maximum Gasteiger partial charge on any atom is 0.0991 e. The lowest BCUT2D eigenvalue weighted by atomic mass is 10.2. The Morgan fingerprint density at radius 2 is 2.64 bits per heavy atom. The first-order chi connectivity index (χ1) is 6.75. The number of nitrogens with zero attached hydrogens (tertiary/aromatic N) is 3. The van der Waals surface area contributed by atoms with Crippen LogP contribution < -0.4 is 5.73 Å². The van der Waals surface area contributed by atoms with Crippen LogP contribution in [0.4, 0.5) is 0 Å². The molecule has 2 rings (SSSR count). The molecule has 1 saturated heterocycles. The van der Waals surface area contributed by atoms with Crippen LogP contribution in [0.3, 0.4) is 0 Å². The molecule has 5 nitrogen and oxygen atoms in total. The number of rotatable bonds is 3. The van der Waals surface area contributed by atoms with E-state index in [0.29, 0.717) is 6.10 Å². The topological polar surface area (TPSA) is 66.0 Å². The van der Waals surface area contributed by atoms with Gasteiger partial charge in [0.15, 0.2) is 0 Å².